The normalized spacial score (nSPS) is 24.9. The molecular weight excluding hydrogens is 1260 g/mol. The maximum atomic E-state index is 13.9. The van der Waals surface area contributed by atoms with Crippen molar-refractivity contribution in [3.8, 4) is 35.5 Å². The molecule has 3 N–H and O–H groups in total. The fraction of sp³-hybridized carbons (Fsp3) is 0.675. The van der Waals surface area contributed by atoms with Crippen molar-refractivity contribution in [1.82, 2.24) is 0 Å². The number of carbonyl (C=O) groups excluding carboxylic acids is 6. The van der Waals surface area contributed by atoms with Crippen molar-refractivity contribution < 1.29 is 58.4 Å². The van der Waals surface area contributed by atoms with E-state index in [1.54, 1.807) is 11.0 Å². The Balaban J connectivity index is 0.000000201. The number of carbonyl (C=O) groups is 7. The molecule has 6 saturated carbocycles. The van der Waals surface area contributed by atoms with Crippen molar-refractivity contribution in [3.05, 3.63) is 47.5 Å². The topological polar surface area (TPSA) is 208 Å². The third-order valence-corrected chi connectivity index (χ3v) is 22.3. The molecule has 95 heavy (non-hydrogen) atoms. The van der Waals surface area contributed by atoms with Crippen molar-refractivity contribution in [2.24, 2.45) is 51.8 Å². The first kappa shape index (κ1) is 76.6. The van der Waals surface area contributed by atoms with Gasteiger partial charge in [0.05, 0.1) is 58.1 Å². The number of hydrogen-bond donors (Lipinski definition) is 3. The van der Waals surface area contributed by atoms with Crippen LogP contribution in [0.4, 0.5) is 17.1 Å². The fourth-order valence-electron chi connectivity index (χ4n) is 13.7. The number of rotatable bonds is 12. The van der Waals surface area contributed by atoms with Crippen LogP contribution in [0.5, 0.6) is 0 Å². The number of methoxy groups -OCH3 is 2. The van der Waals surface area contributed by atoms with E-state index >= 15 is 0 Å². The summed E-state index contributed by atoms with van der Waals surface area (Å²) in [4.78, 5) is 99.5. The lowest BCUT2D eigenvalue weighted by atomic mass is 9.81. The number of ether oxygens (including phenoxy) is 2. The number of amides is 3. The van der Waals surface area contributed by atoms with E-state index < -0.39 is 17.9 Å². The van der Waals surface area contributed by atoms with Crippen molar-refractivity contribution in [2.75, 3.05) is 28.9 Å². The van der Waals surface area contributed by atoms with Crippen LogP contribution < -0.4 is 14.7 Å². The number of anilines is 3. The molecule has 520 valence electrons. The third kappa shape index (κ3) is 22.1. The third-order valence-electron chi connectivity index (χ3n) is 19.3. The molecule has 15 nitrogen and oxygen atoms in total. The summed E-state index contributed by atoms with van der Waals surface area (Å²) in [6, 6.07) is 5.37. The molecule has 3 heterocycles. The predicted molar refractivity (Wildman–Crippen MR) is 381 cm³/mol. The van der Waals surface area contributed by atoms with E-state index in [0.29, 0.717) is 114 Å². The molecule has 3 aromatic heterocycles. The lowest BCUT2D eigenvalue weighted by molar-refractivity contribution is -0.125. The monoisotopic (exact) mass is 1360 g/mol. The number of esters is 2. The standard InChI is InChI=1S/C26H37NO4S.C26H35NO4S.C25H35NO4S/c2*1-17-6-8-18(9-7-17)24(29)27(19-10-12-20(28)13-11-19)22-16-21(14-15-26(2,3)4)32-23(22)25(30)31-5;1-16-5-7-17(8-6-16)23(28)26(18-9-11-19(27)12-10-18)21-15-20(13-14-25(2,3)4)31-22(21)24(29)30/h16-20,28H,6-13H2,1-5H3;16-19H,6-13H2,1-5H3;15-19,27H,5-12H2,1-4H3,(H,29,30). The second-order valence-corrected chi connectivity index (χ2v) is 34.1. The largest absolute Gasteiger partial charge is 0.477 e. The first-order valence-corrected chi connectivity index (χ1v) is 37.5. The van der Waals surface area contributed by atoms with Crippen molar-refractivity contribution in [2.45, 2.75) is 268 Å². The highest BCUT2D eigenvalue weighted by Crippen LogP contribution is 2.43. The van der Waals surface area contributed by atoms with Crippen molar-refractivity contribution >= 4 is 92.5 Å². The molecule has 6 fully saturated rings. The summed E-state index contributed by atoms with van der Waals surface area (Å²) in [7, 11) is 2.73. The summed E-state index contributed by atoms with van der Waals surface area (Å²) in [6.07, 6.45) is 18.5. The molecular formula is C77H107N3O12S3. The molecule has 6 aliphatic carbocycles. The van der Waals surface area contributed by atoms with E-state index in [1.807, 2.05) is 84.2 Å². The summed E-state index contributed by atoms with van der Waals surface area (Å²) in [5.41, 5.74) is 1.19. The number of ketones is 1. The summed E-state index contributed by atoms with van der Waals surface area (Å²) in [6.45, 7) is 25.0. The number of carboxylic acid groups (broad SMARTS) is 1. The van der Waals surface area contributed by atoms with Gasteiger partial charge in [-0.1, -0.05) is 56.3 Å². The Morgan fingerprint density at radius 1 is 0.421 bits per heavy atom. The molecule has 0 aromatic carbocycles. The smallest absolute Gasteiger partial charge is 0.350 e. The van der Waals surface area contributed by atoms with E-state index in [4.69, 9.17) is 9.47 Å². The van der Waals surface area contributed by atoms with E-state index in [1.165, 1.54) is 36.9 Å². The van der Waals surface area contributed by atoms with Crippen LogP contribution in [0, 0.1) is 87.3 Å². The zero-order chi connectivity index (χ0) is 69.7. The number of aliphatic hydroxyl groups is 2. The molecule has 0 saturated heterocycles. The highest BCUT2D eigenvalue weighted by atomic mass is 32.1. The summed E-state index contributed by atoms with van der Waals surface area (Å²) < 4.78 is 10.1. The zero-order valence-electron chi connectivity index (χ0n) is 59.1. The Labute approximate surface area is 578 Å². The number of hydrogen-bond acceptors (Lipinski definition) is 14. The van der Waals surface area contributed by atoms with Crippen LogP contribution in [-0.4, -0.2) is 101 Å². The van der Waals surface area contributed by atoms with Crippen LogP contribution in [0.15, 0.2) is 18.2 Å². The Bertz CT molecular complexity index is 3340. The van der Waals surface area contributed by atoms with Crippen LogP contribution in [0.1, 0.15) is 281 Å². The number of Topliss-reactive ketones (excluding diaryl/α,β-unsaturated/α-hetero) is 1. The van der Waals surface area contributed by atoms with Gasteiger partial charge >= 0.3 is 17.9 Å². The SMILES string of the molecule is CC1CCC(C(=O)N(c2cc(C#CC(C)(C)C)sc2C(=O)O)C2CCC(O)CC2)CC1.COC(=O)c1sc(C#CC(C)(C)C)cc1N(C(=O)C1CCC(C)CC1)C1CCC(=O)CC1.COC(=O)c1sc(C#CC(C)(C)C)cc1N(C(=O)C1CCC(C)CC1)C1CCC(O)CC1. The number of aromatic carboxylic acids is 1. The molecule has 0 unspecified atom stereocenters. The predicted octanol–water partition coefficient (Wildman–Crippen LogP) is 16.3. The van der Waals surface area contributed by atoms with Gasteiger partial charge in [-0.25, -0.2) is 14.4 Å². The lowest BCUT2D eigenvalue weighted by Crippen LogP contribution is -2.47. The van der Waals surface area contributed by atoms with Crippen LogP contribution in [0.2, 0.25) is 0 Å². The maximum Gasteiger partial charge on any atom is 0.350 e. The van der Waals surface area contributed by atoms with Gasteiger partial charge < -0.3 is 39.5 Å². The molecule has 0 atom stereocenters. The molecule has 0 aliphatic heterocycles. The van der Waals surface area contributed by atoms with Gasteiger partial charge in [-0.3, -0.25) is 19.2 Å². The van der Waals surface area contributed by atoms with Gasteiger partial charge in [0.1, 0.15) is 20.4 Å². The summed E-state index contributed by atoms with van der Waals surface area (Å²) >= 11 is 3.73. The second-order valence-electron chi connectivity index (χ2n) is 31.0. The van der Waals surface area contributed by atoms with Crippen molar-refractivity contribution in [1.29, 1.82) is 0 Å². The van der Waals surface area contributed by atoms with Gasteiger partial charge in [0.2, 0.25) is 17.7 Å². The molecule has 3 amide bonds. The molecule has 18 heteroatoms. The number of thiophene rings is 3. The van der Waals surface area contributed by atoms with Crippen LogP contribution in [0.3, 0.4) is 0 Å². The fourth-order valence-corrected chi connectivity index (χ4v) is 16.3. The first-order valence-electron chi connectivity index (χ1n) is 35.0. The Kier molecular flexibility index (Phi) is 27.5. The molecule has 3 aromatic rings. The van der Waals surface area contributed by atoms with Gasteiger partial charge in [0.15, 0.2) is 0 Å². The second kappa shape index (κ2) is 34.1. The number of nitrogens with zero attached hydrogens (tertiary/aromatic N) is 3. The van der Waals surface area contributed by atoms with Gasteiger partial charge in [0, 0.05) is 65.0 Å². The molecule has 6 aliphatic rings. The summed E-state index contributed by atoms with van der Waals surface area (Å²) in [5.74, 6) is 19.5. The average Bonchev–Trinajstić information content (AvgIpc) is 1.73. The Morgan fingerprint density at radius 3 is 0.947 bits per heavy atom. The maximum absolute atomic E-state index is 13.9. The van der Waals surface area contributed by atoms with Gasteiger partial charge in [-0.2, -0.15) is 0 Å². The molecule has 0 spiro atoms. The van der Waals surface area contributed by atoms with E-state index in [0.717, 1.165) is 111 Å². The quantitative estimate of drug-likeness (QED) is 0.114. The lowest BCUT2D eigenvalue weighted by Gasteiger charge is -2.38. The minimum Gasteiger partial charge on any atom is -0.477 e. The van der Waals surface area contributed by atoms with Crippen molar-refractivity contribution in [3.63, 3.8) is 0 Å². The minimum absolute atomic E-state index is 0.0208. The van der Waals surface area contributed by atoms with E-state index in [9.17, 15) is 48.9 Å². The Hall–Kier alpha value is -5.81. The van der Waals surface area contributed by atoms with Gasteiger partial charge in [0.25, 0.3) is 0 Å². The van der Waals surface area contributed by atoms with Crippen LogP contribution in [-0.2, 0) is 28.7 Å². The molecule has 0 bridgehead atoms. The van der Waals surface area contributed by atoms with Crippen LogP contribution in [0.25, 0.3) is 0 Å². The zero-order valence-corrected chi connectivity index (χ0v) is 61.6. The molecule has 0 radical (unpaired) electrons. The number of carboxylic acids is 1. The van der Waals surface area contributed by atoms with E-state index in [2.05, 4.69) is 56.3 Å². The highest BCUT2D eigenvalue weighted by Gasteiger charge is 2.41. The van der Waals surface area contributed by atoms with E-state index in [-0.39, 0.29) is 92.7 Å². The minimum atomic E-state index is -1.02. The van der Waals surface area contributed by atoms with Gasteiger partial charge in [-0.05, 0) is 240 Å². The highest BCUT2D eigenvalue weighted by molar-refractivity contribution is 7.16. The average molecular weight is 1360 g/mol. The molecule has 9 rings (SSSR count). The van der Waals surface area contributed by atoms with Crippen LogP contribution >= 0.6 is 34.0 Å². The summed E-state index contributed by atoms with van der Waals surface area (Å²) in [5, 5.41) is 29.9. The number of aliphatic hydroxyl groups excluding tert-OH is 2. The van der Waals surface area contributed by atoms with Gasteiger partial charge in [-0.15, -0.1) is 34.0 Å². The first-order chi connectivity index (χ1) is 44.7. The Morgan fingerprint density at radius 2 is 0.684 bits per heavy atom.